The lowest BCUT2D eigenvalue weighted by molar-refractivity contribution is 0.0926. The first kappa shape index (κ1) is 14.4. The molecule has 0 aromatic carbocycles. The summed E-state index contributed by atoms with van der Waals surface area (Å²) in [5.41, 5.74) is 0.245. The number of thiophene rings is 1. The van der Waals surface area contributed by atoms with Crippen molar-refractivity contribution in [3.8, 4) is 0 Å². The zero-order valence-corrected chi connectivity index (χ0v) is 13.3. The average molecular weight is 351 g/mol. The van der Waals surface area contributed by atoms with Crippen molar-refractivity contribution in [2.24, 2.45) is 5.41 Å². The van der Waals surface area contributed by atoms with Crippen LogP contribution in [-0.4, -0.2) is 17.8 Å². The summed E-state index contributed by atoms with van der Waals surface area (Å²) in [6.45, 7) is 0.757. The van der Waals surface area contributed by atoms with Gasteiger partial charge in [0.2, 0.25) is 0 Å². The van der Waals surface area contributed by atoms with Crippen LogP contribution in [0.15, 0.2) is 12.1 Å². The molecule has 1 saturated carbocycles. The van der Waals surface area contributed by atoms with Crippen molar-refractivity contribution < 1.29 is 4.79 Å². The normalized spacial score (nSPS) is 18.6. The molecule has 1 aromatic heterocycles. The largest absolute Gasteiger partial charge is 0.351 e. The lowest BCUT2D eigenvalue weighted by atomic mass is 9.75. The molecule has 0 saturated heterocycles. The summed E-state index contributed by atoms with van der Waals surface area (Å²) in [5, 5.41) is 4.02. The Kier molecular flexibility index (Phi) is 5.10. The molecule has 2 nitrogen and oxygen atoms in total. The van der Waals surface area contributed by atoms with Gasteiger partial charge in [0.25, 0.3) is 5.91 Å². The van der Waals surface area contributed by atoms with E-state index in [2.05, 4.69) is 21.2 Å². The molecule has 1 fully saturated rings. The van der Waals surface area contributed by atoms with Crippen molar-refractivity contribution in [1.82, 2.24) is 5.32 Å². The average Bonchev–Trinajstić information content (AvgIpc) is 2.84. The summed E-state index contributed by atoms with van der Waals surface area (Å²) in [7, 11) is 0. The Morgan fingerprint density at radius 2 is 2.11 bits per heavy atom. The van der Waals surface area contributed by atoms with E-state index in [0.717, 1.165) is 11.9 Å². The minimum atomic E-state index is -0.00204. The van der Waals surface area contributed by atoms with E-state index in [-0.39, 0.29) is 11.3 Å². The third-order valence-electron chi connectivity index (χ3n) is 3.62. The van der Waals surface area contributed by atoms with Crippen LogP contribution in [0, 0.1) is 5.41 Å². The first-order valence-electron chi connectivity index (χ1n) is 6.25. The van der Waals surface area contributed by atoms with Gasteiger partial charge in [-0.2, -0.15) is 0 Å². The third-order valence-corrected chi connectivity index (χ3v) is 6.04. The van der Waals surface area contributed by atoms with Gasteiger partial charge in [0.1, 0.15) is 0 Å². The van der Waals surface area contributed by atoms with E-state index in [1.165, 1.54) is 43.4 Å². The number of alkyl halides is 1. The Hall–Kier alpha value is -0.0600. The van der Waals surface area contributed by atoms with E-state index in [1.54, 1.807) is 12.1 Å². The Balaban J connectivity index is 1.91. The number of hydrogen-bond donors (Lipinski definition) is 1. The highest BCUT2D eigenvalue weighted by molar-refractivity contribution is 9.09. The SMILES string of the molecule is O=C(NCC1(CBr)CCCCC1)c1ccc(Cl)s1. The number of hydrogen-bond acceptors (Lipinski definition) is 2. The van der Waals surface area contributed by atoms with Crippen LogP contribution in [-0.2, 0) is 0 Å². The first-order chi connectivity index (χ1) is 8.65. The standard InChI is InChI=1S/C13H17BrClNOS/c14-8-13(6-2-1-3-7-13)9-16-12(17)10-4-5-11(15)18-10/h4-5H,1-3,6-9H2,(H,16,17). The van der Waals surface area contributed by atoms with Gasteiger partial charge in [0, 0.05) is 11.9 Å². The van der Waals surface area contributed by atoms with Crippen molar-refractivity contribution >= 4 is 44.8 Å². The lowest BCUT2D eigenvalue weighted by Crippen LogP contribution is -2.40. The maximum atomic E-state index is 12.0. The molecule has 0 aliphatic heterocycles. The Morgan fingerprint density at radius 1 is 1.39 bits per heavy atom. The molecule has 100 valence electrons. The van der Waals surface area contributed by atoms with Crippen LogP contribution in [0.25, 0.3) is 0 Å². The number of nitrogens with one attached hydrogen (secondary N) is 1. The highest BCUT2D eigenvalue weighted by atomic mass is 79.9. The minimum Gasteiger partial charge on any atom is -0.351 e. The van der Waals surface area contributed by atoms with Crippen LogP contribution in [0.1, 0.15) is 41.8 Å². The number of amides is 1. The number of carbonyl (C=O) groups is 1. The van der Waals surface area contributed by atoms with E-state index in [1.807, 2.05) is 0 Å². The molecule has 5 heteroatoms. The molecule has 0 unspecified atom stereocenters. The molecule has 1 heterocycles. The number of rotatable bonds is 4. The Bertz CT molecular complexity index is 415. The zero-order valence-electron chi connectivity index (χ0n) is 10.2. The maximum Gasteiger partial charge on any atom is 0.261 e. The van der Waals surface area contributed by atoms with E-state index in [0.29, 0.717) is 9.21 Å². The van der Waals surface area contributed by atoms with Crippen LogP contribution in [0.3, 0.4) is 0 Å². The van der Waals surface area contributed by atoms with Gasteiger partial charge in [-0.1, -0.05) is 46.8 Å². The minimum absolute atomic E-state index is 0.00204. The quantitative estimate of drug-likeness (QED) is 0.797. The van der Waals surface area contributed by atoms with Crippen LogP contribution < -0.4 is 5.32 Å². The summed E-state index contributed by atoms with van der Waals surface area (Å²) in [6, 6.07) is 3.55. The molecule has 0 atom stereocenters. The summed E-state index contributed by atoms with van der Waals surface area (Å²) in [4.78, 5) is 12.7. The van der Waals surface area contributed by atoms with Gasteiger partial charge < -0.3 is 5.32 Å². The van der Waals surface area contributed by atoms with Crippen LogP contribution in [0.4, 0.5) is 0 Å². The van der Waals surface area contributed by atoms with Gasteiger partial charge in [0.15, 0.2) is 0 Å². The molecule has 1 aliphatic carbocycles. The molecule has 0 bridgehead atoms. The van der Waals surface area contributed by atoms with E-state index < -0.39 is 0 Å². The molecule has 2 rings (SSSR count). The summed E-state index contributed by atoms with van der Waals surface area (Å²) >= 11 is 10.8. The van der Waals surface area contributed by atoms with Crippen molar-refractivity contribution in [3.05, 3.63) is 21.3 Å². The van der Waals surface area contributed by atoms with Gasteiger partial charge in [-0.3, -0.25) is 4.79 Å². The molecule has 1 aromatic rings. The second-order valence-corrected chi connectivity index (χ2v) is 7.26. The van der Waals surface area contributed by atoms with Crippen molar-refractivity contribution in [2.45, 2.75) is 32.1 Å². The highest BCUT2D eigenvalue weighted by Gasteiger charge is 2.31. The molecule has 1 N–H and O–H groups in total. The molecule has 18 heavy (non-hydrogen) atoms. The predicted molar refractivity (Wildman–Crippen MR) is 81.0 cm³/mol. The molecule has 0 radical (unpaired) electrons. The number of carbonyl (C=O) groups excluding carboxylic acids is 1. The first-order valence-corrected chi connectivity index (χ1v) is 8.56. The lowest BCUT2D eigenvalue weighted by Gasteiger charge is -2.35. The second-order valence-electron chi connectivity index (χ2n) is 4.98. The Morgan fingerprint density at radius 3 is 2.67 bits per heavy atom. The van der Waals surface area contributed by atoms with Gasteiger partial charge in [-0.25, -0.2) is 0 Å². The topological polar surface area (TPSA) is 29.1 Å². The third kappa shape index (κ3) is 3.49. The van der Waals surface area contributed by atoms with Crippen molar-refractivity contribution in [3.63, 3.8) is 0 Å². The fourth-order valence-electron chi connectivity index (χ4n) is 2.45. The van der Waals surface area contributed by atoms with Crippen LogP contribution in [0.5, 0.6) is 0 Å². The van der Waals surface area contributed by atoms with E-state index >= 15 is 0 Å². The van der Waals surface area contributed by atoms with Crippen molar-refractivity contribution in [1.29, 1.82) is 0 Å². The Labute approximate surface area is 125 Å². The van der Waals surface area contributed by atoms with Gasteiger partial charge in [-0.15, -0.1) is 11.3 Å². The van der Waals surface area contributed by atoms with Crippen LogP contribution >= 0.6 is 38.9 Å². The van der Waals surface area contributed by atoms with Gasteiger partial charge in [-0.05, 0) is 30.4 Å². The molecule has 1 aliphatic rings. The summed E-state index contributed by atoms with van der Waals surface area (Å²) in [5.74, 6) is -0.00204. The van der Waals surface area contributed by atoms with E-state index in [9.17, 15) is 4.79 Å². The zero-order chi connectivity index (χ0) is 13.0. The molecule has 0 spiro atoms. The molecular weight excluding hydrogens is 334 g/mol. The fraction of sp³-hybridized carbons (Fsp3) is 0.615. The maximum absolute atomic E-state index is 12.0. The summed E-state index contributed by atoms with van der Waals surface area (Å²) < 4.78 is 0.660. The van der Waals surface area contributed by atoms with Crippen molar-refractivity contribution in [2.75, 3.05) is 11.9 Å². The highest BCUT2D eigenvalue weighted by Crippen LogP contribution is 2.37. The predicted octanol–water partition coefficient (Wildman–Crippen LogP) is 4.48. The van der Waals surface area contributed by atoms with Gasteiger partial charge in [0.05, 0.1) is 9.21 Å². The fourth-order valence-corrected chi connectivity index (χ4v) is 4.17. The number of halogens is 2. The van der Waals surface area contributed by atoms with Crippen LogP contribution in [0.2, 0.25) is 4.34 Å². The monoisotopic (exact) mass is 349 g/mol. The molecule has 1 amide bonds. The second kappa shape index (κ2) is 6.40. The molecular formula is C13H17BrClNOS. The smallest absolute Gasteiger partial charge is 0.261 e. The summed E-state index contributed by atoms with van der Waals surface area (Å²) in [6.07, 6.45) is 6.26. The van der Waals surface area contributed by atoms with E-state index in [4.69, 9.17) is 11.6 Å². The van der Waals surface area contributed by atoms with Gasteiger partial charge >= 0.3 is 0 Å².